The Labute approximate surface area is 125 Å². The summed E-state index contributed by atoms with van der Waals surface area (Å²) in [6.45, 7) is 0.171. The topological polar surface area (TPSA) is 38.3 Å². The minimum absolute atomic E-state index is 0.160. The Bertz CT molecular complexity index is 507. The second-order valence-electron chi connectivity index (χ2n) is 4.94. The smallest absolute Gasteiger partial charge is 0.370 e. The number of ether oxygens (including phenoxy) is 1. The minimum Gasteiger partial charge on any atom is -0.370 e. The molecule has 0 bridgehead atoms. The molecule has 1 N–H and O–H groups in total. The predicted octanol–water partition coefficient (Wildman–Crippen LogP) is 2.96. The summed E-state index contributed by atoms with van der Waals surface area (Å²) in [5.74, 6) is 0.230. The molecule has 21 heavy (non-hydrogen) atoms. The van der Waals surface area contributed by atoms with E-state index in [1.807, 2.05) is 24.3 Å². The Morgan fingerprint density at radius 2 is 2.19 bits per heavy atom. The van der Waals surface area contributed by atoms with Crippen LogP contribution < -0.4 is 5.32 Å². The SMILES string of the molecule is CC(COCC(F)(F)F)NC(=O)C1CSc2ccccc21. The molecule has 0 fully saturated rings. The summed E-state index contributed by atoms with van der Waals surface area (Å²) in [7, 11) is 0. The maximum Gasteiger partial charge on any atom is 0.411 e. The van der Waals surface area contributed by atoms with Gasteiger partial charge in [-0.3, -0.25) is 4.79 Å². The number of alkyl halides is 3. The van der Waals surface area contributed by atoms with Crippen molar-refractivity contribution < 1.29 is 22.7 Å². The molecule has 1 aromatic carbocycles. The summed E-state index contributed by atoms with van der Waals surface area (Å²) >= 11 is 1.61. The van der Waals surface area contributed by atoms with Gasteiger partial charge in [-0.1, -0.05) is 18.2 Å². The highest BCUT2D eigenvalue weighted by molar-refractivity contribution is 7.99. The lowest BCUT2D eigenvalue weighted by molar-refractivity contribution is -0.175. The minimum atomic E-state index is -4.34. The van der Waals surface area contributed by atoms with Gasteiger partial charge in [-0.05, 0) is 18.6 Å². The lowest BCUT2D eigenvalue weighted by Crippen LogP contribution is -2.39. The van der Waals surface area contributed by atoms with Gasteiger partial charge in [0.15, 0.2) is 0 Å². The summed E-state index contributed by atoms with van der Waals surface area (Å²) in [6.07, 6.45) is -4.34. The second kappa shape index (κ2) is 6.70. The highest BCUT2D eigenvalue weighted by Gasteiger charge is 2.30. The van der Waals surface area contributed by atoms with Crippen molar-refractivity contribution in [3.63, 3.8) is 0 Å². The molecular weight excluding hydrogens is 303 g/mol. The van der Waals surface area contributed by atoms with Gasteiger partial charge in [-0.2, -0.15) is 13.2 Å². The number of hydrogen-bond donors (Lipinski definition) is 1. The van der Waals surface area contributed by atoms with Crippen molar-refractivity contribution in [2.24, 2.45) is 0 Å². The van der Waals surface area contributed by atoms with Crippen LogP contribution in [0.25, 0.3) is 0 Å². The number of rotatable bonds is 5. The number of halogens is 3. The largest absolute Gasteiger partial charge is 0.411 e. The van der Waals surface area contributed by atoms with Crippen molar-refractivity contribution in [1.82, 2.24) is 5.32 Å². The highest BCUT2D eigenvalue weighted by Crippen LogP contribution is 2.39. The first kappa shape index (κ1) is 16.2. The first-order valence-electron chi connectivity index (χ1n) is 6.53. The number of hydrogen-bond acceptors (Lipinski definition) is 3. The van der Waals surface area contributed by atoms with E-state index in [-0.39, 0.29) is 18.4 Å². The fourth-order valence-electron chi connectivity index (χ4n) is 2.12. The molecule has 1 amide bonds. The van der Waals surface area contributed by atoms with Crippen LogP contribution in [0, 0.1) is 0 Å². The van der Waals surface area contributed by atoms with Crippen LogP contribution in [0.5, 0.6) is 0 Å². The summed E-state index contributed by atoms with van der Waals surface area (Å²) in [6, 6.07) is 7.20. The van der Waals surface area contributed by atoms with Gasteiger partial charge >= 0.3 is 6.18 Å². The maximum atomic E-state index is 12.2. The molecule has 116 valence electrons. The van der Waals surface area contributed by atoms with Gasteiger partial charge in [0.1, 0.15) is 6.61 Å². The molecular formula is C14H16F3NO2S. The molecule has 0 spiro atoms. The standard InChI is InChI=1S/C14H16F3NO2S/c1-9(6-20-8-14(15,16)17)18-13(19)11-7-21-12-5-3-2-4-10(11)12/h2-5,9,11H,6-8H2,1H3,(H,18,19). The molecule has 0 saturated heterocycles. The molecule has 0 aliphatic carbocycles. The number of amides is 1. The number of fused-ring (bicyclic) bond motifs is 1. The average Bonchev–Trinajstić information content (AvgIpc) is 2.80. The van der Waals surface area contributed by atoms with Gasteiger partial charge < -0.3 is 10.1 Å². The molecule has 7 heteroatoms. The molecule has 3 nitrogen and oxygen atoms in total. The molecule has 0 radical (unpaired) electrons. The molecule has 1 aromatic rings. The Balaban J connectivity index is 1.82. The third kappa shape index (κ3) is 4.64. The van der Waals surface area contributed by atoms with Crippen molar-refractivity contribution in [3.8, 4) is 0 Å². The summed E-state index contributed by atoms with van der Waals surface area (Å²) in [4.78, 5) is 13.3. The summed E-state index contributed by atoms with van der Waals surface area (Å²) < 4.78 is 40.4. The Kier molecular flexibility index (Phi) is 5.16. The third-order valence-corrected chi connectivity index (χ3v) is 4.22. The van der Waals surface area contributed by atoms with Crippen LogP contribution in [-0.4, -0.2) is 37.1 Å². The van der Waals surface area contributed by atoms with Gasteiger partial charge in [-0.25, -0.2) is 0 Å². The summed E-state index contributed by atoms with van der Waals surface area (Å²) in [5.41, 5.74) is 0.975. The van der Waals surface area contributed by atoms with E-state index in [2.05, 4.69) is 10.1 Å². The number of carbonyl (C=O) groups is 1. The molecule has 2 rings (SSSR count). The van der Waals surface area contributed by atoms with E-state index >= 15 is 0 Å². The van der Waals surface area contributed by atoms with Crippen molar-refractivity contribution >= 4 is 17.7 Å². The Morgan fingerprint density at radius 3 is 2.90 bits per heavy atom. The second-order valence-corrected chi connectivity index (χ2v) is 6.00. The number of nitrogens with one attached hydrogen (secondary N) is 1. The van der Waals surface area contributed by atoms with Crippen molar-refractivity contribution in [1.29, 1.82) is 0 Å². The van der Waals surface area contributed by atoms with Crippen LogP contribution in [0.4, 0.5) is 13.2 Å². The normalized spacial score (nSPS) is 19.1. The lowest BCUT2D eigenvalue weighted by Gasteiger charge is -2.18. The lowest BCUT2D eigenvalue weighted by atomic mass is 10.0. The van der Waals surface area contributed by atoms with E-state index in [1.165, 1.54) is 0 Å². The fourth-order valence-corrected chi connectivity index (χ4v) is 3.35. The van der Waals surface area contributed by atoms with Crippen LogP contribution in [0.1, 0.15) is 18.4 Å². The number of benzene rings is 1. The maximum absolute atomic E-state index is 12.2. The van der Waals surface area contributed by atoms with E-state index in [0.29, 0.717) is 5.75 Å². The molecule has 0 aromatic heterocycles. The van der Waals surface area contributed by atoms with Gasteiger partial charge in [0.2, 0.25) is 5.91 Å². The monoisotopic (exact) mass is 319 g/mol. The van der Waals surface area contributed by atoms with Crippen LogP contribution >= 0.6 is 11.8 Å². The zero-order valence-corrected chi connectivity index (χ0v) is 12.3. The van der Waals surface area contributed by atoms with Gasteiger partial charge in [-0.15, -0.1) is 11.8 Å². The fraction of sp³-hybridized carbons (Fsp3) is 0.500. The molecule has 0 saturated carbocycles. The Morgan fingerprint density at radius 1 is 1.48 bits per heavy atom. The number of carbonyl (C=O) groups excluding carboxylic acids is 1. The summed E-state index contributed by atoms with van der Waals surface area (Å²) in [5, 5.41) is 2.70. The van der Waals surface area contributed by atoms with Gasteiger partial charge in [0, 0.05) is 16.7 Å². The van der Waals surface area contributed by atoms with E-state index in [9.17, 15) is 18.0 Å². The van der Waals surface area contributed by atoms with Crippen LogP contribution in [0.15, 0.2) is 29.2 Å². The molecule has 2 atom stereocenters. The van der Waals surface area contributed by atoms with E-state index in [4.69, 9.17) is 0 Å². The molecule has 1 heterocycles. The first-order valence-corrected chi connectivity index (χ1v) is 7.52. The van der Waals surface area contributed by atoms with E-state index in [0.717, 1.165) is 10.5 Å². The highest BCUT2D eigenvalue weighted by atomic mass is 32.2. The predicted molar refractivity (Wildman–Crippen MR) is 74.4 cm³/mol. The quantitative estimate of drug-likeness (QED) is 0.907. The van der Waals surface area contributed by atoms with Crippen molar-refractivity contribution in [3.05, 3.63) is 29.8 Å². The Hall–Kier alpha value is -1.21. The van der Waals surface area contributed by atoms with Crippen molar-refractivity contribution in [2.45, 2.75) is 30.0 Å². The zero-order chi connectivity index (χ0) is 15.5. The van der Waals surface area contributed by atoms with Crippen LogP contribution in [0.2, 0.25) is 0 Å². The number of thioether (sulfide) groups is 1. The molecule has 1 aliphatic rings. The third-order valence-electron chi connectivity index (χ3n) is 3.04. The zero-order valence-electron chi connectivity index (χ0n) is 11.4. The van der Waals surface area contributed by atoms with Crippen molar-refractivity contribution in [2.75, 3.05) is 19.0 Å². The van der Waals surface area contributed by atoms with Crippen LogP contribution in [0.3, 0.4) is 0 Å². The average molecular weight is 319 g/mol. The molecule has 2 unspecified atom stereocenters. The van der Waals surface area contributed by atoms with Gasteiger partial charge in [0.05, 0.1) is 12.5 Å². The molecule has 1 aliphatic heterocycles. The van der Waals surface area contributed by atoms with E-state index < -0.39 is 18.8 Å². The van der Waals surface area contributed by atoms with E-state index in [1.54, 1.807) is 18.7 Å². The first-order chi connectivity index (χ1) is 9.87. The van der Waals surface area contributed by atoms with Gasteiger partial charge in [0.25, 0.3) is 0 Å². The van der Waals surface area contributed by atoms with Crippen LogP contribution in [-0.2, 0) is 9.53 Å².